The van der Waals surface area contributed by atoms with Crippen LogP contribution in [-0.4, -0.2) is 41.8 Å². The van der Waals surface area contributed by atoms with Crippen LogP contribution in [0.15, 0.2) is 210 Å². The second kappa shape index (κ2) is 15.5. The van der Waals surface area contributed by atoms with E-state index >= 15 is 4.79 Å². The van der Waals surface area contributed by atoms with Gasteiger partial charge in [-0.05, 0) is 0 Å². The van der Waals surface area contributed by atoms with Crippen LogP contribution in [-0.2, 0) is 7.87 Å². The minimum atomic E-state index is -4.47. The van der Waals surface area contributed by atoms with Gasteiger partial charge in [0.15, 0.2) is 0 Å². The third-order valence-corrected chi connectivity index (χ3v) is 39.7. The fourth-order valence-corrected chi connectivity index (χ4v) is 36.5. The molecule has 0 saturated carbocycles. The van der Waals surface area contributed by atoms with Crippen molar-refractivity contribution in [3.63, 3.8) is 0 Å². The van der Waals surface area contributed by atoms with Gasteiger partial charge in [0, 0.05) is 0 Å². The number of hydrogen-bond donors (Lipinski definition) is 0. The Bertz CT molecular complexity index is 1910. The number of furan rings is 1. The summed E-state index contributed by atoms with van der Waals surface area (Å²) in [5.41, 5.74) is 0. The normalized spacial score (nSPS) is 12.0. The fourth-order valence-electron chi connectivity index (χ4n) is 6.38. The first-order chi connectivity index (χ1) is 24.2. The number of benzene rings is 6. The molecule has 0 atom stereocenters. The second-order valence-corrected chi connectivity index (χ2v) is 36.3. The molecule has 6 heteroatoms. The molecule has 0 spiro atoms. The fraction of sp³-hybridized carbons (Fsp3) is 0. The average Bonchev–Trinajstić information content (AvgIpc) is 3.71. The van der Waals surface area contributed by atoms with Crippen LogP contribution in [0.4, 0.5) is 0 Å². The zero-order valence-electron chi connectivity index (χ0n) is 26.8. The molecule has 1 aromatic heterocycles. The topological polar surface area (TPSA) is 39.4 Å². The van der Waals surface area contributed by atoms with E-state index in [2.05, 4.69) is 127 Å². The van der Waals surface area contributed by atoms with E-state index < -0.39 is 35.8 Å². The van der Waals surface area contributed by atoms with Crippen molar-refractivity contribution in [2.24, 2.45) is 0 Å². The van der Waals surface area contributed by atoms with E-state index in [9.17, 15) is 0 Å². The Morgan fingerprint density at radius 3 is 1.14 bits per heavy atom. The molecular weight excluding hydrogens is 834 g/mol. The minimum absolute atomic E-state index is 0.336. The molecule has 0 fully saturated rings. The molecule has 0 unspecified atom stereocenters. The van der Waals surface area contributed by atoms with Gasteiger partial charge in [0.25, 0.3) is 0 Å². The Kier molecular flexibility index (Phi) is 10.5. The van der Waals surface area contributed by atoms with Crippen LogP contribution in [0.3, 0.4) is 0 Å². The molecule has 0 saturated heterocycles. The summed E-state index contributed by atoms with van der Waals surface area (Å²) in [5, 5.41) is 0. The van der Waals surface area contributed by atoms with Crippen molar-refractivity contribution in [3.05, 3.63) is 211 Å². The molecule has 7 aromatic rings. The van der Waals surface area contributed by atoms with E-state index in [-0.39, 0.29) is 5.97 Å². The van der Waals surface area contributed by atoms with Crippen molar-refractivity contribution >= 4 is 78.3 Å². The number of rotatable bonds is 11. The van der Waals surface area contributed by atoms with Gasteiger partial charge in [-0.15, -0.1) is 0 Å². The van der Waals surface area contributed by atoms with Gasteiger partial charge in [0.05, 0.1) is 0 Å². The van der Waals surface area contributed by atoms with Crippen LogP contribution < -0.4 is 21.5 Å². The van der Waals surface area contributed by atoms with Crippen molar-refractivity contribution in [3.8, 4) is 0 Å². The molecule has 238 valence electrons. The molecule has 0 aliphatic heterocycles. The summed E-state index contributed by atoms with van der Waals surface area (Å²) in [6.07, 6.45) is 3.52. The van der Waals surface area contributed by atoms with Gasteiger partial charge in [0.1, 0.15) is 0 Å². The van der Waals surface area contributed by atoms with Gasteiger partial charge >= 0.3 is 302 Å². The van der Waals surface area contributed by atoms with E-state index in [0.29, 0.717) is 10.7 Å². The summed E-state index contributed by atoms with van der Waals surface area (Å²) in [4.78, 5) is 15.8. The van der Waals surface area contributed by atoms with Gasteiger partial charge in [-0.25, -0.2) is 0 Å². The van der Waals surface area contributed by atoms with Crippen molar-refractivity contribution < 1.29 is 12.3 Å². The molecule has 49 heavy (non-hydrogen) atoms. The Labute approximate surface area is 299 Å². The monoisotopic (exact) mass is 870 g/mol. The molecule has 0 N–H and O–H groups in total. The van der Waals surface area contributed by atoms with Crippen molar-refractivity contribution in [2.75, 3.05) is 0 Å². The van der Waals surface area contributed by atoms with E-state index in [1.165, 1.54) is 10.7 Å². The Balaban J connectivity index is 1.46. The summed E-state index contributed by atoms with van der Waals surface area (Å²) in [7, 11) is 1.70. The predicted molar refractivity (Wildman–Crippen MR) is 208 cm³/mol. The first kappa shape index (κ1) is 33.3. The molecule has 7 rings (SSSR count). The number of carbonyl (C=O) groups excluding carboxylic acids is 1. The summed E-state index contributed by atoms with van der Waals surface area (Å²) in [5.74, 6) is 0.270. The number of carbonyl (C=O) groups is 1. The second-order valence-electron chi connectivity index (χ2n) is 11.6. The molecule has 6 aromatic carbocycles. The van der Waals surface area contributed by atoms with Crippen LogP contribution in [0.5, 0.6) is 0 Å². The van der Waals surface area contributed by atoms with Crippen LogP contribution in [0, 0.1) is 0 Å². The summed E-state index contributed by atoms with van der Waals surface area (Å²) >= 11 is -8.55. The summed E-state index contributed by atoms with van der Waals surface area (Å²) in [6, 6.07) is 66.8. The molecule has 3 nitrogen and oxygen atoms in total. The van der Waals surface area contributed by atoms with Gasteiger partial charge < -0.3 is 0 Å². The maximum atomic E-state index is 15.3. The van der Waals surface area contributed by atoms with Gasteiger partial charge in [-0.3, -0.25) is 0 Å². The van der Waals surface area contributed by atoms with Gasteiger partial charge in [0.2, 0.25) is 0 Å². The molecule has 1 heterocycles. The molecule has 0 radical (unpaired) electrons. The van der Waals surface area contributed by atoms with Gasteiger partial charge in [-0.2, -0.15) is 0 Å². The maximum absolute atomic E-state index is 15.3. The molecule has 0 aliphatic carbocycles. The van der Waals surface area contributed by atoms with E-state index in [1.54, 1.807) is 15.2 Å². The van der Waals surface area contributed by atoms with Crippen LogP contribution in [0.25, 0.3) is 6.08 Å². The standard InChI is InChI=1S/C7H6O3S.6C6H5.2Sn/c8-7(9)6(11)4-5-2-1-3-10-5;6*1-2-4-6-5-3-1;;/h1-4,11H,(H,8,9);6*1-5H;;/q;;;;;;;2*+1/p-2/b6-4+;;;;;;;;. The zero-order chi connectivity index (χ0) is 33.4. The van der Waals surface area contributed by atoms with Crippen LogP contribution in [0.1, 0.15) is 5.76 Å². The van der Waals surface area contributed by atoms with Crippen LogP contribution in [0.2, 0.25) is 0 Å². The quantitative estimate of drug-likeness (QED) is 0.114. The Morgan fingerprint density at radius 1 is 0.469 bits per heavy atom. The van der Waals surface area contributed by atoms with Gasteiger partial charge in [-0.1, -0.05) is 0 Å². The molecule has 0 bridgehead atoms. The van der Waals surface area contributed by atoms with Crippen molar-refractivity contribution in [2.45, 2.75) is 0 Å². The SMILES string of the molecule is O=C([O][Sn]([c]1ccccc1)([c]1ccccc1)[c]1ccccc1)/C(=C\c1ccco1)[S][Sn]([c]1ccccc1)([c]1ccccc1)[c]1ccccc1. The first-order valence-corrected chi connectivity index (χ1v) is 30.2. The molecule has 0 aliphatic rings. The summed E-state index contributed by atoms with van der Waals surface area (Å²) < 4.78 is 20.1. The number of hydrogen-bond acceptors (Lipinski definition) is 4. The predicted octanol–water partition coefficient (Wildman–Crippen LogP) is 6.23. The summed E-state index contributed by atoms with van der Waals surface area (Å²) in [6.45, 7) is 0. The Hall–Kier alpha value is -4.24. The van der Waals surface area contributed by atoms with Crippen LogP contribution >= 0.6 is 8.95 Å². The molecule has 0 amide bonds. The van der Waals surface area contributed by atoms with E-state index in [0.717, 1.165) is 10.7 Å². The third kappa shape index (κ3) is 6.95. The van der Waals surface area contributed by atoms with Crippen molar-refractivity contribution in [1.29, 1.82) is 0 Å². The zero-order valence-corrected chi connectivity index (χ0v) is 33.3. The molecular formula is C43H34O3SSn2. The Morgan fingerprint density at radius 2 is 0.816 bits per heavy atom. The van der Waals surface area contributed by atoms with E-state index in [4.69, 9.17) is 7.49 Å². The average molecular weight is 868 g/mol. The first-order valence-electron chi connectivity index (χ1n) is 16.2. The van der Waals surface area contributed by atoms with E-state index in [1.807, 2.05) is 72.8 Å². The van der Waals surface area contributed by atoms with Crippen molar-refractivity contribution in [1.82, 2.24) is 0 Å². The third-order valence-electron chi connectivity index (χ3n) is 8.61.